The Morgan fingerprint density at radius 1 is 1.11 bits per heavy atom. The second kappa shape index (κ2) is 6.90. The number of amides is 1. The van der Waals surface area contributed by atoms with Crippen LogP contribution in [0.4, 0.5) is 4.79 Å². The first-order chi connectivity index (χ1) is 13.7. The molecule has 2 fully saturated rings. The maximum atomic E-state index is 12.7. The third kappa shape index (κ3) is 2.90. The van der Waals surface area contributed by atoms with Crippen molar-refractivity contribution in [1.82, 2.24) is 4.90 Å². The number of piperidine rings is 1. The van der Waals surface area contributed by atoms with Crippen molar-refractivity contribution >= 4 is 6.09 Å². The van der Waals surface area contributed by atoms with Crippen LogP contribution in [0, 0.1) is 5.92 Å². The van der Waals surface area contributed by atoms with Crippen LogP contribution in [0.5, 0.6) is 0 Å². The van der Waals surface area contributed by atoms with E-state index in [2.05, 4.69) is 24.3 Å². The van der Waals surface area contributed by atoms with Gasteiger partial charge in [-0.05, 0) is 35.1 Å². The van der Waals surface area contributed by atoms with E-state index >= 15 is 0 Å². The van der Waals surface area contributed by atoms with Crippen molar-refractivity contribution in [1.29, 1.82) is 0 Å². The summed E-state index contributed by atoms with van der Waals surface area (Å²) in [6, 6.07) is 16.7. The van der Waals surface area contributed by atoms with Crippen LogP contribution in [-0.4, -0.2) is 54.6 Å². The number of ether oxygens (including phenoxy) is 2. The average Bonchev–Trinajstić information content (AvgIpc) is 3.05. The van der Waals surface area contributed by atoms with Gasteiger partial charge in [-0.2, -0.15) is 0 Å². The van der Waals surface area contributed by atoms with Crippen molar-refractivity contribution < 1.29 is 19.4 Å². The highest BCUT2D eigenvalue weighted by Gasteiger charge is 2.45. The molecule has 2 heterocycles. The molecule has 1 N–H and O–H groups in total. The highest BCUT2D eigenvalue weighted by atomic mass is 16.6. The van der Waals surface area contributed by atoms with Crippen molar-refractivity contribution in [2.24, 2.45) is 5.92 Å². The first kappa shape index (κ1) is 17.7. The third-order valence-corrected chi connectivity index (χ3v) is 6.61. The number of hydrogen-bond acceptors (Lipinski definition) is 4. The Balaban J connectivity index is 1.29. The topological polar surface area (TPSA) is 59.0 Å². The van der Waals surface area contributed by atoms with Crippen molar-refractivity contribution in [3.8, 4) is 11.1 Å². The van der Waals surface area contributed by atoms with E-state index in [0.29, 0.717) is 45.8 Å². The number of likely N-dealkylation sites (tertiary alicyclic amines) is 1. The molecule has 5 rings (SSSR count). The van der Waals surface area contributed by atoms with Crippen LogP contribution in [0.3, 0.4) is 0 Å². The zero-order valence-electron chi connectivity index (χ0n) is 15.8. The zero-order chi connectivity index (χ0) is 19.1. The van der Waals surface area contributed by atoms with Crippen LogP contribution in [-0.2, 0) is 9.47 Å². The summed E-state index contributed by atoms with van der Waals surface area (Å²) in [5.41, 5.74) is 4.18. The summed E-state index contributed by atoms with van der Waals surface area (Å²) in [5.74, 6) is 0.0339. The highest BCUT2D eigenvalue weighted by Crippen LogP contribution is 2.44. The molecular formula is C23H25NO4. The second-order valence-electron chi connectivity index (χ2n) is 8.13. The minimum Gasteiger partial charge on any atom is -0.448 e. The minimum atomic E-state index is -0.696. The normalized spacial score (nSPS) is 26.3. The van der Waals surface area contributed by atoms with Crippen molar-refractivity contribution in [3.63, 3.8) is 0 Å². The van der Waals surface area contributed by atoms with E-state index in [4.69, 9.17) is 9.47 Å². The van der Waals surface area contributed by atoms with Crippen LogP contribution in [0.2, 0.25) is 0 Å². The minimum absolute atomic E-state index is 0.0320. The smallest absolute Gasteiger partial charge is 0.409 e. The standard InChI is InChI=1S/C23H25NO4/c25-22(24-11-9-23(26)10-12-27-14-16(23)13-24)28-15-21-19-7-3-1-5-17(19)18-6-2-4-8-20(18)21/h1-8,16,21,26H,9-15H2/t16-,23-/m1/s1. The number of fused-ring (bicyclic) bond motifs is 4. The molecule has 28 heavy (non-hydrogen) atoms. The second-order valence-corrected chi connectivity index (χ2v) is 8.13. The fraction of sp³-hybridized carbons (Fsp3) is 0.435. The molecule has 1 amide bonds. The number of hydrogen-bond donors (Lipinski definition) is 1. The lowest BCUT2D eigenvalue weighted by molar-refractivity contribution is -0.141. The molecule has 0 unspecified atom stereocenters. The zero-order valence-corrected chi connectivity index (χ0v) is 15.8. The van der Waals surface area contributed by atoms with Crippen LogP contribution >= 0.6 is 0 Å². The summed E-state index contributed by atoms with van der Waals surface area (Å²) in [6.07, 6.45) is 0.941. The molecule has 0 saturated carbocycles. The van der Waals surface area contributed by atoms with Crippen molar-refractivity contribution in [2.45, 2.75) is 24.4 Å². The molecule has 1 aliphatic carbocycles. The van der Waals surface area contributed by atoms with Gasteiger partial charge in [0, 0.05) is 31.5 Å². The van der Waals surface area contributed by atoms with Gasteiger partial charge in [0.1, 0.15) is 6.61 Å². The number of nitrogens with zero attached hydrogens (tertiary/aromatic N) is 1. The Bertz CT molecular complexity index is 852. The number of carbonyl (C=O) groups excluding carboxylic acids is 1. The summed E-state index contributed by atoms with van der Waals surface area (Å²) in [5, 5.41) is 10.8. The Kier molecular flexibility index (Phi) is 4.37. The summed E-state index contributed by atoms with van der Waals surface area (Å²) in [6.45, 7) is 2.45. The monoisotopic (exact) mass is 379 g/mol. The van der Waals surface area contributed by atoms with Crippen LogP contribution in [0.1, 0.15) is 29.9 Å². The molecule has 3 aliphatic rings. The average molecular weight is 379 g/mol. The maximum Gasteiger partial charge on any atom is 0.409 e. The quantitative estimate of drug-likeness (QED) is 0.869. The predicted octanol–water partition coefficient (Wildman–Crippen LogP) is 3.41. The molecule has 2 atom stereocenters. The van der Waals surface area contributed by atoms with E-state index < -0.39 is 5.60 Å². The number of aliphatic hydroxyl groups is 1. The lowest BCUT2D eigenvalue weighted by Gasteiger charge is -2.46. The van der Waals surface area contributed by atoms with E-state index in [1.807, 2.05) is 24.3 Å². The Hall–Kier alpha value is -2.37. The molecule has 0 radical (unpaired) electrons. The van der Waals surface area contributed by atoms with Gasteiger partial charge in [0.15, 0.2) is 0 Å². The number of rotatable bonds is 2. The molecule has 5 nitrogen and oxygen atoms in total. The van der Waals surface area contributed by atoms with Gasteiger partial charge in [0.2, 0.25) is 0 Å². The molecule has 2 aliphatic heterocycles. The molecule has 2 saturated heterocycles. The van der Waals surface area contributed by atoms with Gasteiger partial charge < -0.3 is 19.5 Å². The highest BCUT2D eigenvalue weighted by molar-refractivity contribution is 5.79. The van der Waals surface area contributed by atoms with Gasteiger partial charge in [0.05, 0.1) is 12.2 Å². The van der Waals surface area contributed by atoms with E-state index in [-0.39, 0.29) is 17.9 Å². The lowest BCUT2D eigenvalue weighted by atomic mass is 9.78. The molecule has 0 bridgehead atoms. The third-order valence-electron chi connectivity index (χ3n) is 6.61. The van der Waals surface area contributed by atoms with Crippen LogP contribution in [0.25, 0.3) is 11.1 Å². The van der Waals surface area contributed by atoms with Gasteiger partial charge in [-0.3, -0.25) is 0 Å². The van der Waals surface area contributed by atoms with Gasteiger partial charge in [-0.25, -0.2) is 4.79 Å². The van der Waals surface area contributed by atoms with Crippen LogP contribution in [0.15, 0.2) is 48.5 Å². The van der Waals surface area contributed by atoms with Gasteiger partial charge >= 0.3 is 6.09 Å². The maximum absolute atomic E-state index is 12.7. The first-order valence-corrected chi connectivity index (χ1v) is 10.1. The Morgan fingerprint density at radius 2 is 1.79 bits per heavy atom. The summed E-state index contributed by atoms with van der Waals surface area (Å²) in [7, 11) is 0. The summed E-state index contributed by atoms with van der Waals surface area (Å²) in [4.78, 5) is 14.5. The fourth-order valence-electron chi connectivity index (χ4n) is 4.92. The number of benzene rings is 2. The van der Waals surface area contributed by atoms with Gasteiger partial charge in [0.25, 0.3) is 0 Å². The van der Waals surface area contributed by atoms with Crippen LogP contribution < -0.4 is 0 Å². The van der Waals surface area contributed by atoms with E-state index in [9.17, 15) is 9.90 Å². The molecule has 0 aromatic heterocycles. The lowest BCUT2D eigenvalue weighted by Crippen LogP contribution is -2.57. The van der Waals surface area contributed by atoms with E-state index in [1.54, 1.807) is 4.90 Å². The van der Waals surface area contributed by atoms with E-state index in [1.165, 1.54) is 22.3 Å². The molecule has 2 aromatic rings. The first-order valence-electron chi connectivity index (χ1n) is 10.1. The summed E-state index contributed by atoms with van der Waals surface area (Å²) >= 11 is 0. The SMILES string of the molecule is O=C(OCC1c2ccccc2-c2ccccc21)N1CC[C@@]2(O)CCOC[C@H]2C1. The Morgan fingerprint density at radius 3 is 2.50 bits per heavy atom. The van der Waals surface area contributed by atoms with Crippen molar-refractivity contribution in [3.05, 3.63) is 59.7 Å². The molecular weight excluding hydrogens is 354 g/mol. The van der Waals surface area contributed by atoms with Gasteiger partial charge in [-0.1, -0.05) is 48.5 Å². The largest absolute Gasteiger partial charge is 0.448 e. The molecule has 146 valence electrons. The number of carbonyl (C=O) groups is 1. The molecule has 5 heteroatoms. The van der Waals surface area contributed by atoms with Gasteiger partial charge in [-0.15, -0.1) is 0 Å². The predicted molar refractivity (Wildman–Crippen MR) is 105 cm³/mol. The summed E-state index contributed by atoms with van der Waals surface area (Å²) < 4.78 is 11.3. The fourth-order valence-corrected chi connectivity index (χ4v) is 4.92. The van der Waals surface area contributed by atoms with E-state index in [0.717, 1.165) is 0 Å². The van der Waals surface area contributed by atoms with Crippen molar-refractivity contribution in [2.75, 3.05) is 32.9 Å². The Labute approximate surface area is 164 Å². The molecule has 2 aromatic carbocycles. The molecule has 0 spiro atoms.